The molecule has 8 nitrogen and oxygen atoms in total. The van der Waals surface area contributed by atoms with Gasteiger partial charge in [-0.15, -0.1) is 0 Å². The average Bonchev–Trinajstić information content (AvgIpc) is 3.25. The van der Waals surface area contributed by atoms with E-state index in [9.17, 15) is 18.0 Å². The van der Waals surface area contributed by atoms with Gasteiger partial charge < -0.3 is 14.4 Å². The number of carbonyl (C=O) groups excluding carboxylic acids is 2. The molecule has 196 valence electrons. The van der Waals surface area contributed by atoms with Crippen molar-refractivity contribution in [3.63, 3.8) is 0 Å². The van der Waals surface area contributed by atoms with Crippen molar-refractivity contribution in [2.45, 2.75) is 63.4 Å². The predicted octanol–water partition coefficient (Wildman–Crippen LogP) is 4.76. The number of nitrogens with two attached hydrogens (primary N) is 1. The Labute approximate surface area is 217 Å². The largest absolute Gasteiger partial charge is 0.492 e. The maximum Gasteiger partial charge on any atom is 0.410 e. The number of nitrogens with zero attached hydrogens (tertiary/aromatic N) is 1. The third-order valence-electron chi connectivity index (χ3n) is 5.72. The van der Waals surface area contributed by atoms with Gasteiger partial charge in [0.25, 0.3) is 0 Å². The molecule has 0 aliphatic carbocycles. The van der Waals surface area contributed by atoms with Crippen LogP contribution in [0.3, 0.4) is 0 Å². The molecule has 0 unspecified atom stereocenters. The van der Waals surface area contributed by atoms with Crippen LogP contribution in [0.1, 0.15) is 61.5 Å². The van der Waals surface area contributed by atoms with Crippen LogP contribution in [-0.2, 0) is 27.6 Å². The van der Waals surface area contributed by atoms with Crippen molar-refractivity contribution in [2.75, 3.05) is 19.7 Å². The van der Waals surface area contributed by atoms with Gasteiger partial charge in [0.15, 0.2) is 5.78 Å². The minimum absolute atomic E-state index is 0.156. The number of ketones is 1. The van der Waals surface area contributed by atoms with E-state index in [2.05, 4.69) is 0 Å². The third kappa shape index (κ3) is 7.69. The molecule has 0 bridgehead atoms. The number of Topliss-reactive ketones (excluding diaryl/α,β-unsaturated/α-hetero) is 1. The number of unbranched alkanes of at least 4 members (excludes halogenated alkanes) is 1. The van der Waals surface area contributed by atoms with Crippen molar-refractivity contribution in [2.24, 2.45) is 5.14 Å². The van der Waals surface area contributed by atoms with Crippen LogP contribution in [0.15, 0.2) is 41.3 Å². The Bertz CT molecular complexity index is 1220. The van der Waals surface area contributed by atoms with Crippen LogP contribution in [0.5, 0.6) is 5.75 Å². The number of hydrogen-bond acceptors (Lipinski definition) is 6. The van der Waals surface area contributed by atoms with Crippen molar-refractivity contribution < 1.29 is 27.5 Å². The molecular formula is C26H33ClN2O6S. The fraction of sp³-hybridized carbons (Fsp3) is 0.462. The first-order valence-corrected chi connectivity index (χ1v) is 13.8. The van der Waals surface area contributed by atoms with Crippen LogP contribution in [0.2, 0.25) is 5.02 Å². The summed E-state index contributed by atoms with van der Waals surface area (Å²) in [5, 5.41) is 5.97. The molecule has 1 heterocycles. The zero-order valence-electron chi connectivity index (χ0n) is 20.9. The van der Waals surface area contributed by atoms with Gasteiger partial charge in [0.2, 0.25) is 10.0 Å². The monoisotopic (exact) mass is 536 g/mol. The summed E-state index contributed by atoms with van der Waals surface area (Å²) in [5.41, 5.74) is 1.27. The van der Waals surface area contributed by atoms with E-state index in [1.165, 1.54) is 6.07 Å². The van der Waals surface area contributed by atoms with Gasteiger partial charge >= 0.3 is 6.09 Å². The Balaban J connectivity index is 1.61. The van der Waals surface area contributed by atoms with E-state index >= 15 is 0 Å². The number of fused-ring (bicyclic) bond motifs is 1. The van der Waals surface area contributed by atoms with E-state index in [1.54, 1.807) is 11.0 Å². The molecule has 2 N–H and O–H groups in total. The zero-order valence-corrected chi connectivity index (χ0v) is 22.5. The fourth-order valence-electron chi connectivity index (χ4n) is 3.95. The Morgan fingerprint density at radius 3 is 2.53 bits per heavy atom. The number of benzene rings is 2. The maximum atomic E-state index is 12.8. The van der Waals surface area contributed by atoms with Gasteiger partial charge in [-0.25, -0.2) is 18.4 Å². The van der Waals surface area contributed by atoms with Crippen LogP contribution in [-0.4, -0.2) is 50.5 Å². The second-order valence-electron chi connectivity index (χ2n) is 9.80. The normalized spacial score (nSPS) is 13.1. The lowest BCUT2D eigenvalue weighted by Crippen LogP contribution is -2.38. The van der Waals surface area contributed by atoms with Crippen molar-refractivity contribution in [1.29, 1.82) is 0 Å². The van der Waals surface area contributed by atoms with Crippen LogP contribution in [0.25, 0.3) is 0 Å². The summed E-state index contributed by atoms with van der Waals surface area (Å²) in [6.45, 7) is 6.63. The zero-order chi connectivity index (χ0) is 26.5. The van der Waals surface area contributed by atoms with Crippen molar-refractivity contribution >= 4 is 33.5 Å². The number of sulfonamides is 1. The Morgan fingerprint density at radius 1 is 1.14 bits per heavy atom. The SMILES string of the molecule is CC(C)(C)OC(=O)N(CCCCC(=O)c1cc2c(c(S(N)(=O)=O)c1)OCC2)CCc1ccccc1Cl. The number of carbonyl (C=O) groups is 2. The molecule has 0 saturated heterocycles. The Morgan fingerprint density at radius 2 is 1.86 bits per heavy atom. The summed E-state index contributed by atoms with van der Waals surface area (Å²) in [4.78, 5) is 27.1. The molecule has 2 aromatic rings. The molecule has 36 heavy (non-hydrogen) atoms. The average molecular weight is 537 g/mol. The van der Waals surface area contributed by atoms with Crippen LogP contribution < -0.4 is 9.88 Å². The first-order valence-electron chi connectivity index (χ1n) is 11.9. The molecule has 1 aliphatic heterocycles. The molecule has 0 saturated carbocycles. The van der Waals surface area contributed by atoms with Gasteiger partial charge in [-0.05, 0) is 69.4 Å². The molecule has 0 spiro atoms. The smallest absolute Gasteiger partial charge is 0.410 e. The number of halogens is 1. The number of hydrogen-bond donors (Lipinski definition) is 1. The molecule has 1 amide bonds. The number of amides is 1. The lowest BCUT2D eigenvalue weighted by molar-refractivity contribution is 0.0249. The lowest BCUT2D eigenvalue weighted by atomic mass is 10.0. The van der Waals surface area contributed by atoms with Gasteiger partial charge in [-0.1, -0.05) is 29.8 Å². The summed E-state index contributed by atoms with van der Waals surface area (Å²) < 4.78 is 34.9. The van der Waals surface area contributed by atoms with Crippen molar-refractivity contribution in [1.82, 2.24) is 4.90 Å². The summed E-state index contributed by atoms with van der Waals surface area (Å²) in [7, 11) is -4.02. The summed E-state index contributed by atoms with van der Waals surface area (Å²) in [6, 6.07) is 10.5. The molecular weight excluding hydrogens is 504 g/mol. The first-order chi connectivity index (χ1) is 16.8. The summed E-state index contributed by atoms with van der Waals surface area (Å²) >= 11 is 6.26. The van der Waals surface area contributed by atoms with Crippen LogP contribution >= 0.6 is 11.6 Å². The standard InChI is InChI=1S/C26H33ClN2O6S/c1-26(2,3)35-25(31)29(14-11-18-8-4-5-9-21(18)27)13-7-6-10-22(30)20-16-19-12-15-34-24(19)23(17-20)36(28,32)33/h4-5,8-9,16-17H,6-7,10-15H2,1-3H3,(H2,28,32,33). The second-order valence-corrected chi connectivity index (χ2v) is 11.7. The number of primary sulfonamides is 1. The Kier molecular flexibility index (Phi) is 9.03. The maximum absolute atomic E-state index is 12.8. The van der Waals surface area contributed by atoms with Gasteiger partial charge in [0.05, 0.1) is 6.61 Å². The third-order valence-corrected chi connectivity index (χ3v) is 7.01. The summed E-state index contributed by atoms with van der Waals surface area (Å²) in [5.74, 6) is 0.0510. The van der Waals surface area contributed by atoms with Crippen LogP contribution in [0, 0.1) is 0 Å². The quantitative estimate of drug-likeness (QED) is 0.346. The van der Waals surface area contributed by atoms with E-state index < -0.39 is 21.7 Å². The first kappa shape index (κ1) is 28.0. The Hall–Kier alpha value is -2.62. The highest BCUT2D eigenvalue weighted by atomic mass is 35.5. The van der Waals surface area contributed by atoms with Crippen molar-refractivity contribution in [3.8, 4) is 5.75 Å². The van der Waals surface area contributed by atoms with E-state index in [-0.39, 0.29) is 22.8 Å². The molecule has 0 radical (unpaired) electrons. The topological polar surface area (TPSA) is 116 Å². The fourth-order valence-corrected chi connectivity index (χ4v) is 4.92. The highest BCUT2D eigenvalue weighted by Gasteiger charge is 2.26. The highest BCUT2D eigenvalue weighted by molar-refractivity contribution is 7.89. The van der Waals surface area contributed by atoms with E-state index in [0.717, 1.165) is 5.56 Å². The van der Waals surface area contributed by atoms with Gasteiger partial charge in [0.1, 0.15) is 16.2 Å². The minimum Gasteiger partial charge on any atom is -0.492 e. The molecule has 2 aromatic carbocycles. The van der Waals surface area contributed by atoms with Crippen molar-refractivity contribution in [3.05, 3.63) is 58.1 Å². The second kappa shape index (κ2) is 11.6. The summed E-state index contributed by atoms with van der Waals surface area (Å²) in [6.07, 6.45) is 1.97. The molecule has 3 rings (SSSR count). The van der Waals surface area contributed by atoms with Gasteiger partial charge in [-0.2, -0.15) is 0 Å². The molecule has 1 aliphatic rings. The van der Waals surface area contributed by atoms with Gasteiger partial charge in [-0.3, -0.25) is 4.79 Å². The highest BCUT2D eigenvalue weighted by Crippen LogP contribution is 2.34. The number of rotatable bonds is 10. The molecule has 0 fully saturated rings. The molecule has 0 atom stereocenters. The predicted molar refractivity (Wildman–Crippen MR) is 138 cm³/mol. The van der Waals surface area contributed by atoms with E-state index in [0.29, 0.717) is 61.5 Å². The van der Waals surface area contributed by atoms with Gasteiger partial charge in [0, 0.05) is 36.5 Å². The molecule has 0 aromatic heterocycles. The van der Waals surface area contributed by atoms with Crippen LogP contribution in [0.4, 0.5) is 4.79 Å². The van der Waals surface area contributed by atoms with E-state index in [1.807, 2.05) is 45.0 Å². The lowest BCUT2D eigenvalue weighted by Gasteiger charge is -2.27. The van der Waals surface area contributed by atoms with E-state index in [4.69, 9.17) is 26.2 Å². The molecule has 10 heteroatoms. The minimum atomic E-state index is -4.02. The number of ether oxygens (including phenoxy) is 2.